The Morgan fingerprint density at radius 1 is 0.919 bits per heavy atom. The summed E-state index contributed by atoms with van der Waals surface area (Å²) < 4.78 is 6.24. The zero-order chi connectivity index (χ0) is 25.2. The van der Waals surface area contributed by atoms with Crippen LogP contribution in [0.2, 0.25) is 0 Å². The summed E-state index contributed by atoms with van der Waals surface area (Å²) in [6.07, 6.45) is 6.73. The minimum absolute atomic E-state index is 0.230. The number of benzene rings is 2. The van der Waals surface area contributed by atoms with Gasteiger partial charge in [-0.15, -0.1) is 0 Å². The quantitative estimate of drug-likeness (QED) is 0.332. The summed E-state index contributed by atoms with van der Waals surface area (Å²) >= 11 is 0. The molecule has 3 N–H and O–H groups in total. The fourth-order valence-corrected chi connectivity index (χ4v) is 5.11. The van der Waals surface area contributed by atoms with Crippen molar-refractivity contribution in [2.45, 2.75) is 19.3 Å². The molecule has 1 saturated carbocycles. The zero-order valence-corrected chi connectivity index (χ0v) is 20.6. The minimum atomic E-state index is 0.230. The van der Waals surface area contributed by atoms with Crippen LogP contribution in [0, 0.1) is 5.92 Å². The van der Waals surface area contributed by atoms with Crippen molar-refractivity contribution < 1.29 is 4.74 Å². The van der Waals surface area contributed by atoms with Gasteiger partial charge in [0.2, 0.25) is 5.88 Å². The van der Waals surface area contributed by atoms with Crippen LogP contribution < -0.4 is 20.8 Å². The van der Waals surface area contributed by atoms with Crippen LogP contribution in [-0.2, 0) is 0 Å². The van der Waals surface area contributed by atoms with Crippen LogP contribution in [0.4, 0.5) is 11.5 Å². The Kier molecular flexibility index (Phi) is 6.02. The molecule has 1 atom stereocenters. The van der Waals surface area contributed by atoms with E-state index in [4.69, 9.17) is 15.6 Å². The molecule has 3 heterocycles. The average molecular weight is 489 g/mol. The lowest BCUT2D eigenvalue weighted by Gasteiger charge is -2.32. The SMILES string of the molecule is CNc1cc(-c2cccnc2Oc2ccc(N3N=C(N)C4CCCC4=C3c3ccccc3)cc2)ccn1. The number of fused-ring (bicyclic) bond motifs is 1. The highest BCUT2D eigenvalue weighted by molar-refractivity contribution is 5.96. The van der Waals surface area contributed by atoms with Crippen molar-refractivity contribution in [3.63, 3.8) is 0 Å². The molecule has 184 valence electrons. The van der Waals surface area contributed by atoms with E-state index in [-0.39, 0.29) is 5.92 Å². The summed E-state index contributed by atoms with van der Waals surface area (Å²) in [7, 11) is 1.85. The van der Waals surface area contributed by atoms with Gasteiger partial charge >= 0.3 is 0 Å². The summed E-state index contributed by atoms with van der Waals surface area (Å²) in [4.78, 5) is 8.80. The summed E-state index contributed by atoms with van der Waals surface area (Å²) in [6, 6.07) is 26.2. The molecule has 1 aliphatic carbocycles. The standard InChI is InChI=1S/C30H28N6O/c1-32-27-19-21(16-18-33-27)24-11-6-17-34-30(24)37-23-14-12-22(13-15-23)36-28(20-7-3-2-4-8-20)25-9-5-10-26(25)29(31)35-36/h2-4,6-8,11-19,26H,5,9-10H2,1H3,(H2,31,35)(H,32,33). The van der Waals surface area contributed by atoms with Crippen LogP contribution in [0.25, 0.3) is 16.8 Å². The molecule has 0 bridgehead atoms. The van der Waals surface area contributed by atoms with Gasteiger partial charge in [0, 0.05) is 36.5 Å². The lowest BCUT2D eigenvalue weighted by molar-refractivity contribution is 0.465. The van der Waals surface area contributed by atoms with Crippen molar-refractivity contribution in [2.75, 3.05) is 17.4 Å². The third-order valence-corrected chi connectivity index (χ3v) is 6.89. The Morgan fingerprint density at radius 2 is 1.76 bits per heavy atom. The Balaban J connectivity index is 1.31. The number of ether oxygens (including phenoxy) is 1. The molecule has 6 rings (SSSR count). The van der Waals surface area contributed by atoms with E-state index in [1.54, 1.807) is 12.4 Å². The summed E-state index contributed by atoms with van der Waals surface area (Å²) in [6.45, 7) is 0. The topological polar surface area (TPSA) is 88.7 Å². The zero-order valence-electron chi connectivity index (χ0n) is 20.6. The van der Waals surface area contributed by atoms with Crippen LogP contribution in [0.15, 0.2) is 102 Å². The molecule has 2 aromatic carbocycles. The molecule has 7 heteroatoms. The lowest BCUT2D eigenvalue weighted by atomic mass is 9.94. The van der Waals surface area contributed by atoms with Crippen molar-refractivity contribution >= 4 is 23.0 Å². The molecule has 1 unspecified atom stereocenters. The number of hydrogen-bond donors (Lipinski definition) is 2. The van der Waals surface area contributed by atoms with Gasteiger partial charge in [-0.25, -0.2) is 15.0 Å². The molecule has 2 aromatic heterocycles. The van der Waals surface area contributed by atoms with Gasteiger partial charge in [-0.2, -0.15) is 5.10 Å². The first kappa shape index (κ1) is 22.8. The van der Waals surface area contributed by atoms with E-state index in [1.807, 2.05) is 66.7 Å². The smallest absolute Gasteiger partial charge is 0.227 e. The van der Waals surface area contributed by atoms with E-state index in [0.717, 1.165) is 53.2 Å². The summed E-state index contributed by atoms with van der Waals surface area (Å²) in [5, 5.41) is 9.90. The molecule has 0 saturated heterocycles. The number of hydrogen-bond acceptors (Lipinski definition) is 7. The van der Waals surface area contributed by atoms with Crippen LogP contribution in [-0.4, -0.2) is 22.9 Å². The van der Waals surface area contributed by atoms with Gasteiger partial charge in [-0.1, -0.05) is 30.3 Å². The molecule has 37 heavy (non-hydrogen) atoms. The van der Waals surface area contributed by atoms with Crippen molar-refractivity contribution in [2.24, 2.45) is 16.8 Å². The largest absolute Gasteiger partial charge is 0.438 e. The maximum absolute atomic E-state index is 6.44. The maximum atomic E-state index is 6.44. The number of rotatable bonds is 6. The fraction of sp³-hybridized carbons (Fsp3) is 0.167. The van der Waals surface area contributed by atoms with E-state index in [0.29, 0.717) is 17.5 Å². The van der Waals surface area contributed by atoms with Crippen molar-refractivity contribution in [3.05, 3.63) is 102 Å². The van der Waals surface area contributed by atoms with E-state index in [1.165, 1.54) is 5.57 Å². The number of aromatic nitrogens is 2. The fourth-order valence-electron chi connectivity index (χ4n) is 5.11. The number of nitrogens with two attached hydrogens (primary N) is 1. The van der Waals surface area contributed by atoms with Crippen molar-refractivity contribution in [1.29, 1.82) is 0 Å². The third kappa shape index (κ3) is 4.40. The summed E-state index contributed by atoms with van der Waals surface area (Å²) in [5.74, 6) is 2.92. The molecule has 1 fully saturated rings. The van der Waals surface area contributed by atoms with Gasteiger partial charge in [-0.3, -0.25) is 0 Å². The maximum Gasteiger partial charge on any atom is 0.227 e. The molecule has 0 amide bonds. The second-order valence-electron chi connectivity index (χ2n) is 9.15. The first-order valence-electron chi connectivity index (χ1n) is 12.5. The molecule has 1 aliphatic heterocycles. The second-order valence-corrected chi connectivity index (χ2v) is 9.15. The highest BCUT2D eigenvalue weighted by atomic mass is 16.5. The number of anilines is 2. The Bertz CT molecular complexity index is 1480. The Hall–Kier alpha value is -4.65. The predicted molar refractivity (Wildman–Crippen MR) is 148 cm³/mol. The number of hydrazone groups is 1. The predicted octanol–water partition coefficient (Wildman–Crippen LogP) is 6.28. The van der Waals surface area contributed by atoms with Crippen LogP contribution >= 0.6 is 0 Å². The molecule has 7 nitrogen and oxygen atoms in total. The van der Waals surface area contributed by atoms with E-state index >= 15 is 0 Å². The number of amidine groups is 1. The highest BCUT2D eigenvalue weighted by Gasteiger charge is 2.34. The molecule has 4 aromatic rings. The monoisotopic (exact) mass is 488 g/mol. The molecule has 0 spiro atoms. The minimum Gasteiger partial charge on any atom is -0.438 e. The molecule has 0 radical (unpaired) electrons. The van der Waals surface area contributed by atoms with Crippen molar-refractivity contribution in [1.82, 2.24) is 9.97 Å². The van der Waals surface area contributed by atoms with Gasteiger partial charge < -0.3 is 15.8 Å². The first-order valence-corrected chi connectivity index (χ1v) is 12.5. The first-order chi connectivity index (χ1) is 18.2. The van der Waals surface area contributed by atoms with Crippen molar-refractivity contribution in [3.8, 4) is 22.8 Å². The van der Waals surface area contributed by atoms with E-state index in [2.05, 4.69) is 39.6 Å². The van der Waals surface area contributed by atoms with Crippen LogP contribution in [0.1, 0.15) is 24.8 Å². The van der Waals surface area contributed by atoms with Gasteiger partial charge in [0.25, 0.3) is 0 Å². The number of nitrogens with one attached hydrogen (secondary N) is 1. The van der Waals surface area contributed by atoms with Gasteiger partial charge in [0.05, 0.1) is 11.4 Å². The number of nitrogens with zero attached hydrogens (tertiary/aromatic N) is 4. The highest BCUT2D eigenvalue weighted by Crippen LogP contribution is 2.43. The average Bonchev–Trinajstić information content (AvgIpc) is 3.45. The van der Waals surface area contributed by atoms with Gasteiger partial charge in [-0.05, 0) is 78.9 Å². The third-order valence-electron chi connectivity index (χ3n) is 6.89. The van der Waals surface area contributed by atoms with Crippen LogP contribution in [0.3, 0.4) is 0 Å². The van der Waals surface area contributed by atoms with E-state index in [9.17, 15) is 0 Å². The summed E-state index contributed by atoms with van der Waals surface area (Å²) in [5.41, 5.74) is 12.9. The van der Waals surface area contributed by atoms with Gasteiger partial charge in [0.1, 0.15) is 17.4 Å². The lowest BCUT2D eigenvalue weighted by Crippen LogP contribution is -2.33. The number of pyridine rings is 2. The Morgan fingerprint density at radius 3 is 2.57 bits per heavy atom. The van der Waals surface area contributed by atoms with E-state index < -0.39 is 0 Å². The van der Waals surface area contributed by atoms with Crippen LogP contribution in [0.5, 0.6) is 11.6 Å². The molecular formula is C30H28N6O. The molecular weight excluding hydrogens is 460 g/mol. The van der Waals surface area contributed by atoms with Gasteiger partial charge in [0.15, 0.2) is 0 Å². The second kappa shape index (κ2) is 9.78. The normalized spacial score (nSPS) is 16.8. The Labute approximate surface area is 216 Å². The molecule has 2 aliphatic rings.